The Bertz CT molecular complexity index is 990. The largest absolute Gasteiger partial charge is 0.341 e. The van der Waals surface area contributed by atoms with Crippen molar-refractivity contribution in [3.8, 4) is 0 Å². The number of fused-ring (bicyclic) bond motifs is 4. The number of aromatic nitrogens is 1. The monoisotopic (exact) mass is 390 g/mol. The number of anilines is 1. The van der Waals surface area contributed by atoms with Gasteiger partial charge in [0.1, 0.15) is 5.54 Å². The smallest absolute Gasteiger partial charge is 0.250 e. The van der Waals surface area contributed by atoms with E-state index in [1.54, 1.807) is 11.1 Å². The van der Waals surface area contributed by atoms with Crippen LogP contribution >= 0.6 is 0 Å². The first-order valence-electron chi connectivity index (χ1n) is 10.4. The molecule has 0 saturated carbocycles. The van der Waals surface area contributed by atoms with E-state index < -0.39 is 5.54 Å². The second-order valence-electron chi connectivity index (χ2n) is 8.54. The van der Waals surface area contributed by atoms with E-state index in [0.29, 0.717) is 6.54 Å². The third-order valence-corrected chi connectivity index (χ3v) is 6.83. The zero-order valence-corrected chi connectivity index (χ0v) is 16.9. The zero-order chi connectivity index (χ0) is 20.2. The average Bonchev–Trinajstić information content (AvgIpc) is 3.36. The fraction of sp³-hybridized carbons (Fsp3) is 0.435. The Morgan fingerprint density at radius 1 is 1.34 bits per heavy atom. The van der Waals surface area contributed by atoms with Crippen molar-refractivity contribution in [1.82, 2.24) is 14.8 Å². The first-order chi connectivity index (χ1) is 14.0. The van der Waals surface area contributed by atoms with Crippen molar-refractivity contribution >= 4 is 17.5 Å². The quantitative estimate of drug-likeness (QED) is 0.875. The van der Waals surface area contributed by atoms with Crippen LogP contribution in [-0.2, 0) is 21.7 Å². The second kappa shape index (κ2) is 6.66. The molecule has 2 saturated heterocycles. The Labute approximate surface area is 170 Å². The van der Waals surface area contributed by atoms with Crippen molar-refractivity contribution in [3.05, 3.63) is 59.4 Å². The maximum atomic E-state index is 13.7. The number of rotatable bonds is 3. The number of benzene rings is 1. The van der Waals surface area contributed by atoms with Crippen LogP contribution in [-0.4, -0.2) is 46.2 Å². The number of hydrogen-bond donors (Lipinski definition) is 1. The van der Waals surface area contributed by atoms with Crippen molar-refractivity contribution in [1.29, 1.82) is 0 Å². The van der Waals surface area contributed by atoms with Gasteiger partial charge in [-0.15, -0.1) is 0 Å². The SMILES string of the molecule is Cc1cc(CN(C)C(=O)[C@@H]2C[C@H]3CCCN3[C@]23C(=O)Nc2ccccc23)ccn1. The van der Waals surface area contributed by atoms with Gasteiger partial charge in [-0.25, -0.2) is 0 Å². The van der Waals surface area contributed by atoms with Crippen LogP contribution in [0.3, 0.4) is 0 Å². The molecule has 1 N–H and O–H groups in total. The van der Waals surface area contributed by atoms with Crippen LogP contribution in [0.5, 0.6) is 0 Å². The molecule has 2 aromatic rings. The number of pyridine rings is 1. The van der Waals surface area contributed by atoms with E-state index in [0.717, 1.165) is 48.3 Å². The molecule has 3 aliphatic rings. The molecule has 3 atom stereocenters. The fourth-order valence-electron chi connectivity index (χ4n) is 5.68. The lowest BCUT2D eigenvalue weighted by atomic mass is 9.78. The molecule has 3 aliphatic heterocycles. The molecular weight excluding hydrogens is 364 g/mol. The summed E-state index contributed by atoms with van der Waals surface area (Å²) in [7, 11) is 1.84. The fourth-order valence-corrected chi connectivity index (χ4v) is 5.68. The first kappa shape index (κ1) is 18.3. The summed E-state index contributed by atoms with van der Waals surface area (Å²) in [5.41, 5.74) is 2.91. The van der Waals surface area contributed by atoms with E-state index in [1.807, 2.05) is 50.4 Å². The van der Waals surface area contributed by atoms with Crippen LogP contribution in [0.4, 0.5) is 5.69 Å². The van der Waals surface area contributed by atoms with Gasteiger partial charge in [0, 0.05) is 42.8 Å². The third-order valence-electron chi connectivity index (χ3n) is 6.83. The van der Waals surface area contributed by atoms with Gasteiger partial charge in [0.25, 0.3) is 0 Å². The zero-order valence-electron chi connectivity index (χ0n) is 16.9. The summed E-state index contributed by atoms with van der Waals surface area (Å²) in [6.07, 6.45) is 4.64. The predicted octanol–water partition coefficient (Wildman–Crippen LogP) is 2.68. The predicted molar refractivity (Wildman–Crippen MR) is 110 cm³/mol. The number of hydrogen-bond acceptors (Lipinski definition) is 4. The molecule has 1 aromatic heterocycles. The van der Waals surface area contributed by atoms with Gasteiger partial charge in [0.15, 0.2) is 0 Å². The van der Waals surface area contributed by atoms with Crippen molar-refractivity contribution in [2.75, 3.05) is 18.9 Å². The first-order valence-corrected chi connectivity index (χ1v) is 10.4. The van der Waals surface area contributed by atoms with Crippen molar-refractivity contribution in [2.24, 2.45) is 5.92 Å². The lowest BCUT2D eigenvalue weighted by molar-refractivity contribution is -0.143. The van der Waals surface area contributed by atoms with Crippen LogP contribution in [0.15, 0.2) is 42.6 Å². The summed E-state index contributed by atoms with van der Waals surface area (Å²) in [6.45, 7) is 3.33. The highest BCUT2D eigenvalue weighted by Gasteiger charge is 2.65. The van der Waals surface area contributed by atoms with Crippen LogP contribution in [0.2, 0.25) is 0 Å². The summed E-state index contributed by atoms with van der Waals surface area (Å²) in [4.78, 5) is 35.4. The summed E-state index contributed by atoms with van der Waals surface area (Å²) in [6, 6.07) is 12.1. The van der Waals surface area contributed by atoms with Crippen LogP contribution in [0.1, 0.15) is 36.1 Å². The average molecular weight is 390 g/mol. The number of carbonyl (C=O) groups excluding carboxylic acids is 2. The number of amides is 2. The molecule has 29 heavy (non-hydrogen) atoms. The lowest BCUT2D eigenvalue weighted by Crippen LogP contribution is -2.54. The number of para-hydroxylation sites is 1. The van der Waals surface area contributed by atoms with E-state index in [1.165, 1.54) is 0 Å². The third kappa shape index (κ3) is 2.62. The highest BCUT2D eigenvalue weighted by Crippen LogP contribution is 2.55. The number of aryl methyl sites for hydroxylation is 1. The highest BCUT2D eigenvalue weighted by molar-refractivity contribution is 6.09. The van der Waals surface area contributed by atoms with Gasteiger partial charge in [-0.3, -0.25) is 19.5 Å². The molecule has 4 heterocycles. The van der Waals surface area contributed by atoms with Crippen molar-refractivity contribution < 1.29 is 9.59 Å². The molecule has 0 radical (unpaired) electrons. The Kier molecular flexibility index (Phi) is 4.21. The summed E-state index contributed by atoms with van der Waals surface area (Å²) >= 11 is 0. The van der Waals surface area contributed by atoms with Gasteiger partial charge in [-0.1, -0.05) is 18.2 Å². The molecule has 2 fully saturated rings. The van der Waals surface area contributed by atoms with E-state index >= 15 is 0 Å². The van der Waals surface area contributed by atoms with Gasteiger partial charge in [0.05, 0.1) is 5.92 Å². The number of carbonyl (C=O) groups is 2. The molecule has 5 rings (SSSR count). The van der Waals surface area contributed by atoms with Crippen LogP contribution in [0.25, 0.3) is 0 Å². The minimum atomic E-state index is -0.878. The van der Waals surface area contributed by atoms with Gasteiger partial charge >= 0.3 is 0 Å². The summed E-state index contributed by atoms with van der Waals surface area (Å²) in [5, 5.41) is 3.06. The number of nitrogens with zero attached hydrogens (tertiary/aromatic N) is 3. The topological polar surface area (TPSA) is 65.5 Å². The lowest BCUT2D eigenvalue weighted by Gasteiger charge is -2.37. The summed E-state index contributed by atoms with van der Waals surface area (Å²) < 4.78 is 0. The van der Waals surface area contributed by atoms with E-state index in [9.17, 15) is 9.59 Å². The van der Waals surface area contributed by atoms with Crippen LogP contribution in [0, 0.1) is 12.8 Å². The van der Waals surface area contributed by atoms with E-state index in [2.05, 4.69) is 15.2 Å². The van der Waals surface area contributed by atoms with Crippen molar-refractivity contribution in [2.45, 2.75) is 44.3 Å². The molecular formula is C23H26N4O2. The van der Waals surface area contributed by atoms with E-state index in [-0.39, 0.29) is 23.8 Å². The molecule has 6 nitrogen and oxygen atoms in total. The maximum Gasteiger partial charge on any atom is 0.250 e. The Morgan fingerprint density at radius 2 is 2.17 bits per heavy atom. The van der Waals surface area contributed by atoms with Gasteiger partial charge in [-0.2, -0.15) is 0 Å². The molecule has 6 heteroatoms. The molecule has 2 amide bonds. The van der Waals surface area contributed by atoms with E-state index in [4.69, 9.17) is 0 Å². The van der Waals surface area contributed by atoms with Crippen LogP contribution < -0.4 is 5.32 Å². The second-order valence-corrected chi connectivity index (χ2v) is 8.54. The molecule has 1 spiro atoms. The van der Waals surface area contributed by atoms with Gasteiger partial charge < -0.3 is 10.2 Å². The molecule has 0 aliphatic carbocycles. The standard InChI is InChI=1S/C23H26N4O2/c1-15-12-16(9-10-24-15)14-26(2)21(28)19-13-17-6-5-11-27(17)23(19)18-7-3-4-8-20(18)25-22(23)29/h3-4,7-10,12,17,19H,5-6,11,13-14H2,1-2H3,(H,25,29)/t17-,19+,23+/m1/s1. The van der Waals surface area contributed by atoms with Gasteiger partial charge in [-0.05, 0) is 56.5 Å². The molecule has 1 aromatic carbocycles. The molecule has 0 unspecified atom stereocenters. The van der Waals surface area contributed by atoms with Gasteiger partial charge in [0.2, 0.25) is 11.8 Å². The number of nitrogens with one attached hydrogen (secondary N) is 1. The maximum absolute atomic E-state index is 13.7. The normalized spacial score (nSPS) is 27.7. The Morgan fingerprint density at radius 3 is 3.00 bits per heavy atom. The Hall–Kier alpha value is -2.73. The highest BCUT2D eigenvalue weighted by atomic mass is 16.2. The Balaban J connectivity index is 1.52. The molecule has 150 valence electrons. The molecule has 0 bridgehead atoms. The minimum Gasteiger partial charge on any atom is -0.341 e. The van der Waals surface area contributed by atoms with Crippen molar-refractivity contribution in [3.63, 3.8) is 0 Å². The summed E-state index contributed by atoms with van der Waals surface area (Å²) in [5.74, 6) is -0.375. The minimum absolute atomic E-state index is 0.0423.